The van der Waals surface area contributed by atoms with E-state index in [4.69, 9.17) is 23.2 Å². The van der Waals surface area contributed by atoms with Gasteiger partial charge in [-0.25, -0.2) is 4.98 Å². The molecule has 2 aromatic rings. The molecular weight excluding hydrogens is 265 g/mol. The molecule has 0 amide bonds. The van der Waals surface area contributed by atoms with E-state index in [1.807, 2.05) is 6.07 Å². The van der Waals surface area contributed by atoms with Crippen molar-refractivity contribution in [2.24, 2.45) is 0 Å². The molecule has 0 radical (unpaired) electrons. The normalized spacial score (nSPS) is 12.8. The highest BCUT2D eigenvalue weighted by molar-refractivity contribution is 7.14. The molecule has 0 spiro atoms. The first kappa shape index (κ1) is 11.9. The largest absolute Gasteiger partial charge is 0.389 e. The molecule has 0 bridgehead atoms. The lowest BCUT2D eigenvalue weighted by atomic mass is 10.0. The molecule has 0 aliphatic rings. The van der Waals surface area contributed by atoms with E-state index in [2.05, 4.69) is 4.98 Å². The van der Waals surface area contributed by atoms with Crippen LogP contribution < -0.4 is 0 Å². The van der Waals surface area contributed by atoms with Gasteiger partial charge in [-0.05, 0) is 24.6 Å². The number of thiazole rings is 1. The van der Waals surface area contributed by atoms with Gasteiger partial charge in [0.2, 0.25) is 0 Å². The molecule has 0 aliphatic heterocycles. The first-order valence-electron chi connectivity index (χ1n) is 4.66. The molecule has 84 valence electrons. The van der Waals surface area contributed by atoms with Crippen molar-refractivity contribution in [3.63, 3.8) is 0 Å². The van der Waals surface area contributed by atoms with Crippen LogP contribution >= 0.6 is 34.5 Å². The average molecular weight is 274 g/mol. The van der Waals surface area contributed by atoms with Gasteiger partial charge in [-0.2, -0.15) is 0 Å². The van der Waals surface area contributed by atoms with Crippen molar-refractivity contribution >= 4 is 34.5 Å². The highest BCUT2D eigenvalue weighted by Gasteiger charge is 2.14. The molecule has 5 heteroatoms. The van der Waals surface area contributed by atoms with Crippen molar-refractivity contribution in [1.29, 1.82) is 0 Å². The number of aliphatic hydroxyl groups excluding tert-OH is 1. The van der Waals surface area contributed by atoms with E-state index in [1.165, 1.54) is 11.3 Å². The zero-order valence-electron chi connectivity index (χ0n) is 8.45. The van der Waals surface area contributed by atoms with E-state index in [0.29, 0.717) is 10.2 Å². The third-order valence-corrected chi connectivity index (χ3v) is 3.73. The maximum absolute atomic E-state index is 9.70. The molecule has 1 N–H and O–H groups in total. The van der Waals surface area contributed by atoms with Crippen LogP contribution in [0.2, 0.25) is 10.2 Å². The number of halogens is 2. The van der Waals surface area contributed by atoms with Gasteiger partial charge < -0.3 is 5.11 Å². The Bertz CT molecular complexity index is 510. The van der Waals surface area contributed by atoms with Crippen LogP contribution in [0.15, 0.2) is 23.7 Å². The van der Waals surface area contributed by atoms with Crippen molar-refractivity contribution in [1.82, 2.24) is 4.98 Å². The molecule has 2 nitrogen and oxygen atoms in total. The number of benzene rings is 1. The summed E-state index contributed by atoms with van der Waals surface area (Å²) in [5, 5.41) is 10.8. The molecule has 1 aromatic heterocycles. The first-order valence-corrected chi connectivity index (χ1v) is 6.30. The van der Waals surface area contributed by atoms with Crippen molar-refractivity contribution in [3.8, 4) is 10.4 Å². The second-order valence-electron chi connectivity index (χ2n) is 3.38. The van der Waals surface area contributed by atoms with E-state index in [0.717, 1.165) is 16.0 Å². The van der Waals surface area contributed by atoms with Gasteiger partial charge in [-0.3, -0.25) is 0 Å². The molecule has 1 unspecified atom stereocenters. The summed E-state index contributed by atoms with van der Waals surface area (Å²) in [6.45, 7) is 1.70. The Morgan fingerprint density at radius 2 is 2.12 bits per heavy atom. The summed E-state index contributed by atoms with van der Waals surface area (Å²) in [4.78, 5) is 4.84. The zero-order chi connectivity index (χ0) is 11.7. The molecule has 2 rings (SSSR count). The standard InChI is InChI=1S/C11H9Cl2NOS/c1-6(15)9-4-7(12)2-3-8(9)10-11(13)14-5-16-10/h2-6,15H,1H3. The van der Waals surface area contributed by atoms with E-state index < -0.39 is 6.10 Å². The minimum atomic E-state index is -0.591. The number of aliphatic hydroxyl groups is 1. The zero-order valence-corrected chi connectivity index (χ0v) is 10.8. The van der Waals surface area contributed by atoms with Crippen LogP contribution in [0.25, 0.3) is 10.4 Å². The molecule has 1 atom stereocenters. The summed E-state index contributed by atoms with van der Waals surface area (Å²) < 4.78 is 0. The number of nitrogens with zero attached hydrogens (tertiary/aromatic N) is 1. The van der Waals surface area contributed by atoms with E-state index in [1.54, 1.807) is 24.6 Å². The van der Waals surface area contributed by atoms with Gasteiger partial charge in [0.25, 0.3) is 0 Å². The van der Waals surface area contributed by atoms with E-state index in [-0.39, 0.29) is 0 Å². The highest BCUT2D eigenvalue weighted by Crippen LogP contribution is 2.36. The van der Waals surface area contributed by atoms with Gasteiger partial charge in [-0.15, -0.1) is 11.3 Å². The molecule has 1 aromatic carbocycles. The fourth-order valence-corrected chi connectivity index (χ4v) is 2.74. The van der Waals surface area contributed by atoms with Crippen molar-refractivity contribution in [2.75, 3.05) is 0 Å². The molecule has 16 heavy (non-hydrogen) atoms. The lowest BCUT2D eigenvalue weighted by Crippen LogP contribution is -1.94. The summed E-state index contributed by atoms with van der Waals surface area (Å²) in [6, 6.07) is 5.38. The minimum absolute atomic E-state index is 0.453. The van der Waals surface area contributed by atoms with Gasteiger partial charge in [0.15, 0.2) is 0 Å². The van der Waals surface area contributed by atoms with Gasteiger partial charge in [0.05, 0.1) is 16.5 Å². The molecule has 0 aliphatic carbocycles. The molecular formula is C11H9Cl2NOS. The van der Waals surface area contributed by atoms with Crippen LogP contribution in [0.5, 0.6) is 0 Å². The first-order chi connectivity index (χ1) is 7.59. The number of rotatable bonds is 2. The van der Waals surface area contributed by atoms with Gasteiger partial charge >= 0.3 is 0 Å². The Kier molecular flexibility index (Phi) is 3.50. The van der Waals surface area contributed by atoms with Crippen molar-refractivity contribution in [2.45, 2.75) is 13.0 Å². The molecule has 0 saturated heterocycles. The van der Waals surface area contributed by atoms with Gasteiger partial charge in [0, 0.05) is 10.6 Å². The second-order valence-corrected chi connectivity index (χ2v) is 5.03. The summed E-state index contributed by atoms with van der Waals surface area (Å²) >= 11 is 13.3. The SMILES string of the molecule is CC(O)c1cc(Cl)ccc1-c1scnc1Cl. The summed E-state index contributed by atoms with van der Waals surface area (Å²) in [5.41, 5.74) is 3.32. The maximum Gasteiger partial charge on any atom is 0.147 e. The second kappa shape index (κ2) is 4.72. The Morgan fingerprint density at radius 1 is 1.38 bits per heavy atom. The molecule has 1 heterocycles. The fraction of sp³-hybridized carbons (Fsp3) is 0.182. The van der Waals surface area contributed by atoms with Crippen molar-refractivity contribution in [3.05, 3.63) is 39.4 Å². The quantitative estimate of drug-likeness (QED) is 0.891. The molecule has 0 fully saturated rings. The Hall–Kier alpha value is -0.610. The van der Waals surface area contributed by atoms with Crippen LogP contribution in [0.1, 0.15) is 18.6 Å². The Balaban J connectivity index is 2.61. The highest BCUT2D eigenvalue weighted by atomic mass is 35.5. The maximum atomic E-state index is 9.70. The lowest BCUT2D eigenvalue weighted by Gasteiger charge is -2.11. The monoisotopic (exact) mass is 273 g/mol. The summed E-state index contributed by atoms with van der Waals surface area (Å²) in [6.07, 6.45) is -0.591. The Morgan fingerprint density at radius 3 is 2.69 bits per heavy atom. The van der Waals surface area contributed by atoms with Gasteiger partial charge in [0.1, 0.15) is 5.15 Å². The number of aromatic nitrogens is 1. The third-order valence-electron chi connectivity index (χ3n) is 2.23. The lowest BCUT2D eigenvalue weighted by molar-refractivity contribution is 0.200. The molecule has 0 saturated carbocycles. The predicted molar refractivity (Wildman–Crippen MR) is 68.2 cm³/mol. The topological polar surface area (TPSA) is 33.1 Å². The van der Waals surface area contributed by atoms with E-state index in [9.17, 15) is 5.11 Å². The predicted octanol–water partition coefficient (Wildman–Crippen LogP) is 4.17. The van der Waals surface area contributed by atoms with Crippen LogP contribution in [-0.2, 0) is 0 Å². The summed E-state index contributed by atoms with van der Waals surface area (Å²) in [7, 11) is 0. The third kappa shape index (κ3) is 2.23. The minimum Gasteiger partial charge on any atom is -0.389 e. The number of hydrogen-bond donors (Lipinski definition) is 1. The summed E-state index contributed by atoms with van der Waals surface area (Å²) in [5.74, 6) is 0. The van der Waals surface area contributed by atoms with Crippen LogP contribution in [0, 0.1) is 0 Å². The Labute approximate surface area is 107 Å². The van der Waals surface area contributed by atoms with E-state index >= 15 is 0 Å². The average Bonchev–Trinajstić information content (AvgIpc) is 2.64. The van der Waals surface area contributed by atoms with Crippen molar-refractivity contribution < 1.29 is 5.11 Å². The smallest absolute Gasteiger partial charge is 0.147 e. The van der Waals surface area contributed by atoms with Crippen LogP contribution in [0.3, 0.4) is 0 Å². The fourth-order valence-electron chi connectivity index (χ4n) is 1.49. The van der Waals surface area contributed by atoms with Gasteiger partial charge in [-0.1, -0.05) is 29.3 Å². The van der Waals surface area contributed by atoms with Crippen LogP contribution in [0.4, 0.5) is 0 Å². The number of hydrogen-bond acceptors (Lipinski definition) is 3. The van der Waals surface area contributed by atoms with Crippen LogP contribution in [-0.4, -0.2) is 10.1 Å².